The molecule has 1 aromatic rings. The topological polar surface area (TPSA) is 23.5 Å². The van der Waals surface area contributed by atoms with E-state index in [2.05, 4.69) is 11.0 Å². The monoisotopic (exact) mass is 251 g/mol. The number of hydrogen-bond donors (Lipinski definition) is 1. The van der Waals surface area contributed by atoms with Gasteiger partial charge in [-0.05, 0) is 43.5 Å². The van der Waals surface area contributed by atoms with Crippen molar-refractivity contribution in [1.82, 2.24) is 4.90 Å². The zero-order valence-corrected chi connectivity index (χ0v) is 10.7. The van der Waals surface area contributed by atoms with E-state index >= 15 is 0 Å². The van der Waals surface area contributed by atoms with E-state index in [1.165, 1.54) is 6.42 Å². The Bertz CT molecular complexity index is 422. The molecule has 1 N–H and O–H groups in total. The largest absolute Gasteiger partial charge is 0.388 e. The van der Waals surface area contributed by atoms with Crippen LogP contribution in [0.3, 0.4) is 0 Å². The minimum Gasteiger partial charge on any atom is -0.388 e. The lowest BCUT2D eigenvalue weighted by Gasteiger charge is -2.30. The van der Waals surface area contributed by atoms with E-state index in [-0.39, 0.29) is 0 Å². The molecule has 0 saturated carbocycles. The summed E-state index contributed by atoms with van der Waals surface area (Å²) < 4.78 is 0. The van der Waals surface area contributed by atoms with E-state index in [4.69, 9.17) is 11.6 Å². The summed E-state index contributed by atoms with van der Waals surface area (Å²) in [6, 6.07) is 8.23. The van der Waals surface area contributed by atoms with Crippen LogP contribution in [0.1, 0.15) is 24.8 Å². The quantitative estimate of drug-likeness (QED) is 0.873. The Balaban J connectivity index is 1.80. The fraction of sp³-hybridized carbons (Fsp3) is 0.571. The predicted molar refractivity (Wildman–Crippen MR) is 69.3 cm³/mol. The van der Waals surface area contributed by atoms with E-state index in [1.54, 1.807) is 0 Å². The summed E-state index contributed by atoms with van der Waals surface area (Å²) in [5, 5.41) is 11.6. The molecule has 0 bridgehead atoms. The van der Waals surface area contributed by atoms with Crippen molar-refractivity contribution < 1.29 is 5.11 Å². The summed E-state index contributed by atoms with van der Waals surface area (Å²) in [5.41, 5.74) is 0.606. The molecule has 3 rings (SSSR count). The van der Waals surface area contributed by atoms with Crippen molar-refractivity contribution in [3.05, 3.63) is 34.9 Å². The molecule has 1 aromatic carbocycles. The average Bonchev–Trinajstić information content (AvgIpc) is 2.84. The number of aliphatic hydroxyl groups is 1. The van der Waals surface area contributed by atoms with Crippen molar-refractivity contribution in [2.45, 2.75) is 37.3 Å². The van der Waals surface area contributed by atoms with Gasteiger partial charge in [-0.1, -0.05) is 23.7 Å². The van der Waals surface area contributed by atoms with Gasteiger partial charge in [0.25, 0.3) is 0 Å². The minimum atomic E-state index is -0.540. The first-order valence-electron chi connectivity index (χ1n) is 6.38. The van der Waals surface area contributed by atoms with Crippen LogP contribution in [-0.4, -0.2) is 34.7 Å². The molecule has 2 unspecified atom stereocenters. The lowest BCUT2D eigenvalue weighted by molar-refractivity contribution is 0.0141. The summed E-state index contributed by atoms with van der Waals surface area (Å²) in [6.45, 7) is 2.20. The van der Waals surface area contributed by atoms with Gasteiger partial charge in [0.2, 0.25) is 0 Å². The number of nitrogens with zero attached hydrogens (tertiary/aromatic N) is 1. The SMILES string of the molecule is OC1(Cc2cccc(Cl)c2)CCN2CCCC21. The van der Waals surface area contributed by atoms with Crippen LogP contribution in [0, 0.1) is 0 Å². The fourth-order valence-corrected chi connectivity index (χ4v) is 3.63. The van der Waals surface area contributed by atoms with E-state index in [0.29, 0.717) is 6.04 Å². The number of halogens is 1. The molecule has 92 valence electrons. The fourth-order valence-electron chi connectivity index (χ4n) is 3.41. The van der Waals surface area contributed by atoms with Gasteiger partial charge in [0.05, 0.1) is 5.60 Å². The molecule has 0 radical (unpaired) electrons. The van der Waals surface area contributed by atoms with Gasteiger partial charge in [0.15, 0.2) is 0 Å². The molecule has 3 heteroatoms. The van der Waals surface area contributed by atoms with E-state index < -0.39 is 5.60 Å². The number of fused-ring (bicyclic) bond motifs is 1. The zero-order valence-electron chi connectivity index (χ0n) is 9.90. The van der Waals surface area contributed by atoms with Crippen LogP contribution >= 0.6 is 11.6 Å². The van der Waals surface area contributed by atoms with Gasteiger partial charge in [0.1, 0.15) is 0 Å². The van der Waals surface area contributed by atoms with Crippen molar-refractivity contribution in [1.29, 1.82) is 0 Å². The standard InChI is InChI=1S/C14H18ClNO/c15-12-4-1-3-11(9-12)10-14(17)6-8-16-7-2-5-13(14)16/h1,3-4,9,13,17H,2,5-8,10H2. The van der Waals surface area contributed by atoms with E-state index in [1.807, 2.05) is 18.2 Å². The van der Waals surface area contributed by atoms with Crippen molar-refractivity contribution in [3.8, 4) is 0 Å². The molecule has 0 aliphatic carbocycles. The van der Waals surface area contributed by atoms with Gasteiger partial charge in [-0.3, -0.25) is 4.90 Å². The Hall–Kier alpha value is -0.570. The zero-order chi connectivity index (χ0) is 11.9. The molecular formula is C14H18ClNO. The molecular weight excluding hydrogens is 234 g/mol. The van der Waals surface area contributed by atoms with Crippen LogP contribution < -0.4 is 0 Å². The first-order chi connectivity index (χ1) is 8.17. The number of benzene rings is 1. The Morgan fingerprint density at radius 1 is 1.41 bits per heavy atom. The molecule has 2 nitrogen and oxygen atoms in total. The Morgan fingerprint density at radius 2 is 2.29 bits per heavy atom. The van der Waals surface area contributed by atoms with Crippen molar-refractivity contribution in [3.63, 3.8) is 0 Å². The third-order valence-electron chi connectivity index (χ3n) is 4.22. The smallest absolute Gasteiger partial charge is 0.0854 e. The molecule has 2 fully saturated rings. The van der Waals surface area contributed by atoms with Gasteiger partial charge in [0, 0.05) is 24.0 Å². The molecule has 2 aliphatic rings. The summed E-state index contributed by atoms with van der Waals surface area (Å²) >= 11 is 5.99. The highest BCUT2D eigenvalue weighted by molar-refractivity contribution is 6.30. The van der Waals surface area contributed by atoms with Crippen LogP contribution in [0.5, 0.6) is 0 Å². The van der Waals surface area contributed by atoms with Crippen LogP contribution in [0.25, 0.3) is 0 Å². The number of rotatable bonds is 2. The van der Waals surface area contributed by atoms with Gasteiger partial charge in [-0.25, -0.2) is 0 Å². The third-order valence-corrected chi connectivity index (χ3v) is 4.45. The average molecular weight is 252 g/mol. The molecule has 0 aromatic heterocycles. The lowest BCUT2D eigenvalue weighted by Crippen LogP contribution is -2.42. The normalized spacial score (nSPS) is 32.9. The van der Waals surface area contributed by atoms with Crippen molar-refractivity contribution in [2.24, 2.45) is 0 Å². The predicted octanol–water partition coefficient (Wildman–Crippen LogP) is 2.48. The van der Waals surface area contributed by atoms with Crippen molar-refractivity contribution >= 4 is 11.6 Å². The summed E-state index contributed by atoms with van der Waals surface area (Å²) in [6.07, 6.45) is 3.98. The van der Waals surface area contributed by atoms with E-state index in [9.17, 15) is 5.11 Å². The van der Waals surface area contributed by atoms with Gasteiger partial charge < -0.3 is 5.11 Å². The van der Waals surface area contributed by atoms with Gasteiger partial charge in [-0.15, -0.1) is 0 Å². The maximum atomic E-state index is 10.8. The van der Waals surface area contributed by atoms with Crippen LogP contribution in [0.15, 0.2) is 24.3 Å². The molecule has 2 aliphatic heterocycles. The highest BCUT2D eigenvalue weighted by Crippen LogP contribution is 2.38. The summed E-state index contributed by atoms with van der Waals surface area (Å²) in [7, 11) is 0. The second kappa shape index (κ2) is 4.27. The maximum absolute atomic E-state index is 10.8. The highest BCUT2D eigenvalue weighted by Gasteiger charge is 2.47. The highest BCUT2D eigenvalue weighted by atomic mass is 35.5. The van der Waals surface area contributed by atoms with Gasteiger partial charge in [-0.2, -0.15) is 0 Å². The molecule has 2 atom stereocenters. The molecule has 0 spiro atoms. The van der Waals surface area contributed by atoms with Crippen LogP contribution in [0.4, 0.5) is 0 Å². The Labute approximate surface area is 107 Å². The maximum Gasteiger partial charge on any atom is 0.0854 e. The molecule has 2 heterocycles. The second-order valence-corrected chi connectivity index (χ2v) is 5.79. The lowest BCUT2D eigenvalue weighted by atomic mass is 9.86. The van der Waals surface area contributed by atoms with E-state index in [0.717, 1.165) is 42.9 Å². The Kier molecular flexibility index (Phi) is 2.89. The molecule has 2 saturated heterocycles. The molecule has 17 heavy (non-hydrogen) atoms. The van der Waals surface area contributed by atoms with Crippen molar-refractivity contribution in [2.75, 3.05) is 13.1 Å². The molecule has 0 amide bonds. The summed E-state index contributed by atoms with van der Waals surface area (Å²) in [5.74, 6) is 0. The van der Waals surface area contributed by atoms with Gasteiger partial charge >= 0.3 is 0 Å². The number of hydrogen-bond acceptors (Lipinski definition) is 2. The van der Waals surface area contributed by atoms with Crippen LogP contribution in [0.2, 0.25) is 5.02 Å². The second-order valence-electron chi connectivity index (χ2n) is 5.35. The Morgan fingerprint density at radius 3 is 3.12 bits per heavy atom. The summed E-state index contributed by atoms with van der Waals surface area (Å²) in [4.78, 5) is 2.44. The third kappa shape index (κ3) is 2.10. The van der Waals surface area contributed by atoms with Crippen LogP contribution in [-0.2, 0) is 6.42 Å². The minimum absolute atomic E-state index is 0.362. The first-order valence-corrected chi connectivity index (χ1v) is 6.76. The first kappa shape index (κ1) is 11.5.